The SMILES string of the molecule is CC1(C)CN(CC(O)CCc2ccccc2CN)C(=O)c2ccc(C(=O)N3C4CC[C@@H]3CC(O)C4)cc21. The molecular weight excluding hydrogens is 466 g/mol. The van der Waals surface area contributed by atoms with Crippen LogP contribution in [0.5, 0.6) is 0 Å². The molecule has 2 bridgehead atoms. The molecule has 3 aliphatic rings. The molecule has 3 unspecified atom stereocenters. The Balaban J connectivity index is 1.29. The molecule has 198 valence electrons. The van der Waals surface area contributed by atoms with Crippen LogP contribution in [0.2, 0.25) is 0 Å². The number of nitrogens with zero attached hydrogens (tertiary/aromatic N) is 2. The van der Waals surface area contributed by atoms with Crippen LogP contribution in [-0.2, 0) is 18.4 Å². The molecule has 0 spiro atoms. The maximum absolute atomic E-state index is 13.5. The van der Waals surface area contributed by atoms with Crippen molar-refractivity contribution in [1.29, 1.82) is 0 Å². The molecule has 4 N–H and O–H groups in total. The number of benzene rings is 2. The second kappa shape index (κ2) is 10.2. The third kappa shape index (κ3) is 5.05. The minimum atomic E-state index is -0.641. The van der Waals surface area contributed by atoms with Gasteiger partial charge in [-0.1, -0.05) is 38.1 Å². The molecule has 0 aromatic heterocycles. The number of rotatable bonds is 7. The Kier molecular flexibility index (Phi) is 7.14. The van der Waals surface area contributed by atoms with Gasteiger partial charge in [0.25, 0.3) is 11.8 Å². The average molecular weight is 506 g/mol. The zero-order valence-electron chi connectivity index (χ0n) is 21.9. The van der Waals surface area contributed by atoms with Crippen molar-refractivity contribution < 1.29 is 19.8 Å². The Morgan fingerprint density at radius 2 is 1.78 bits per heavy atom. The fourth-order valence-electron chi connectivity index (χ4n) is 6.67. The molecule has 2 saturated heterocycles. The van der Waals surface area contributed by atoms with E-state index in [1.807, 2.05) is 35.2 Å². The summed E-state index contributed by atoms with van der Waals surface area (Å²) >= 11 is 0. The van der Waals surface area contributed by atoms with E-state index in [4.69, 9.17) is 5.73 Å². The summed E-state index contributed by atoms with van der Waals surface area (Å²) in [5.41, 5.74) is 9.80. The lowest BCUT2D eigenvalue weighted by Gasteiger charge is -2.41. The van der Waals surface area contributed by atoms with E-state index >= 15 is 0 Å². The van der Waals surface area contributed by atoms with Crippen molar-refractivity contribution in [1.82, 2.24) is 9.80 Å². The lowest BCUT2D eigenvalue weighted by molar-refractivity contribution is 0.0286. The minimum absolute atomic E-state index is 0.000983. The molecule has 2 fully saturated rings. The lowest BCUT2D eigenvalue weighted by Crippen LogP contribution is -2.50. The van der Waals surface area contributed by atoms with Gasteiger partial charge in [0, 0.05) is 48.3 Å². The molecule has 0 saturated carbocycles. The van der Waals surface area contributed by atoms with Crippen molar-refractivity contribution >= 4 is 11.8 Å². The van der Waals surface area contributed by atoms with Gasteiger partial charge in [0.15, 0.2) is 0 Å². The van der Waals surface area contributed by atoms with Crippen molar-refractivity contribution in [2.75, 3.05) is 13.1 Å². The molecule has 4 atom stereocenters. The van der Waals surface area contributed by atoms with Gasteiger partial charge in [0.2, 0.25) is 0 Å². The van der Waals surface area contributed by atoms with Crippen LogP contribution in [0.4, 0.5) is 0 Å². The van der Waals surface area contributed by atoms with Gasteiger partial charge in [0.05, 0.1) is 12.2 Å². The summed E-state index contributed by atoms with van der Waals surface area (Å²) in [6.07, 6.45) is 3.47. The van der Waals surface area contributed by atoms with E-state index in [9.17, 15) is 19.8 Å². The molecule has 7 heteroatoms. The second-order valence-electron chi connectivity index (χ2n) is 11.7. The third-order valence-corrected chi connectivity index (χ3v) is 8.56. The Morgan fingerprint density at radius 1 is 1.11 bits per heavy atom. The highest BCUT2D eigenvalue weighted by Crippen LogP contribution is 2.38. The van der Waals surface area contributed by atoms with E-state index in [0.717, 1.165) is 29.5 Å². The van der Waals surface area contributed by atoms with Crippen molar-refractivity contribution in [3.05, 3.63) is 70.3 Å². The van der Waals surface area contributed by atoms with Gasteiger partial charge in [-0.15, -0.1) is 0 Å². The molecule has 5 rings (SSSR count). The van der Waals surface area contributed by atoms with Crippen LogP contribution in [0, 0.1) is 0 Å². The number of carbonyl (C=O) groups excluding carboxylic acids is 2. The number of piperidine rings is 1. The van der Waals surface area contributed by atoms with Gasteiger partial charge in [-0.25, -0.2) is 0 Å². The first-order valence-corrected chi connectivity index (χ1v) is 13.6. The first-order valence-electron chi connectivity index (χ1n) is 13.6. The summed E-state index contributed by atoms with van der Waals surface area (Å²) in [6.45, 7) is 5.39. The normalized spacial score (nSPS) is 25.2. The van der Waals surface area contributed by atoms with Crippen molar-refractivity contribution in [2.45, 2.75) is 88.6 Å². The highest BCUT2D eigenvalue weighted by molar-refractivity contribution is 6.00. The van der Waals surface area contributed by atoms with Crippen LogP contribution in [0.25, 0.3) is 0 Å². The summed E-state index contributed by atoms with van der Waals surface area (Å²) in [7, 11) is 0. The van der Waals surface area contributed by atoms with Gasteiger partial charge in [-0.05, 0) is 73.4 Å². The molecule has 2 amide bonds. The summed E-state index contributed by atoms with van der Waals surface area (Å²) in [6, 6.07) is 13.6. The standard InChI is InChI=1S/C30H39N3O4/c1-30(2)18-32(17-24(34)11-7-19-5-3-4-6-21(19)16-31)29(37)26-12-8-20(13-27(26)30)28(36)33-22-9-10-23(33)15-25(35)14-22/h3-6,8,12-13,22-25,34-35H,7,9-11,14-18,31H2,1-2H3/t22-,23?,24?,25?/m1/s1. The monoisotopic (exact) mass is 505 g/mol. The van der Waals surface area contributed by atoms with E-state index in [1.54, 1.807) is 17.0 Å². The molecule has 3 heterocycles. The number of aliphatic hydroxyl groups is 2. The number of carbonyl (C=O) groups is 2. The van der Waals surface area contributed by atoms with E-state index in [2.05, 4.69) is 13.8 Å². The van der Waals surface area contributed by atoms with E-state index in [0.29, 0.717) is 49.9 Å². The number of aryl methyl sites for hydroxylation is 1. The fraction of sp³-hybridized carbons (Fsp3) is 0.533. The van der Waals surface area contributed by atoms with Gasteiger partial charge >= 0.3 is 0 Å². The highest BCUT2D eigenvalue weighted by Gasteiger charge is 2.44. The Bertz CT molecular complexity index is 1170. The molecule has 0 aliphatic carbocycles. The van der Waals surface area contributed by atoms with Crippen LogP contribution in [0.15, 0.2) is 42.5 Å². The Labute approximate surface area is 219 Å². The predicted octanol–water partition coefficient (Wildman–Crippen LogP) is 3.00. The Morgan fingerprint density at radius 3 is 2.46 bits per heavy atom. The van der Waals surface area contributed by atoms with Gasteiger partial charge in [-0.3, -0.25) is 9.59 Å². The van der Waals surface area contributed by atoms with Crippen LogP contribution < -0.4 is 5.73 Å². The molecule has 7 nitrogen and oxygen atoms in total. The molecule has 37 heavy (non-hydrogen) atoms. The minimum Gasteiger partial charge on any atom is -0.393 e. The first kappa shape index (κ1) is 25.9. The number of aliphatic hydroxyl groups excluding tert-OH is 2. The molecular formula is C30H39N3O4. The zero-order chi connectivity index (χ0) is 26.3. The largest absolute Gasteiger partial charge is 0.393 e. The summed E-state index contributed by atoms with van der Waals surface area (Å²) in [4.78, 5) is 30.6. The van der Waals surface area contributed by atoms with Crippen LogP contribution in [-0.4, -0.2) is 69.2 Å². The van der Waals surface area contributed by atoms with Crippen LogP contribution >= 0.6 is 0 Å². The number of β-amino-alcohol motifs (C(OH)–C–C–N with tert-alkyl or cyclic N) is 1. The number of amides is 2. The topological polar surface area (TPSA) is 107 Å². The van der Waals surface area contributed by atoms with E-state index < -0.39 is 6.10 Å². The quantitative estimate of drug-likeness (QED) is 0.536. The predicted molar refractivity (Wildman–Crippen MR) is 142 cm³/mol. The fourth-order valence-corrected chi connectivity index (χ4v) is 6.67. The highest BCUT2D eigenvalue weighted by atomic mass is 16.3. The number of hydrogen-bond acceptors (Lipinski definition) is 5. The summed E-state index contributed by atoms with van der Waals surface area (Å²) in [5, 5.41) is 20.9. The summed E-state index contributed by atoms with van der Waals surface area (Å²) < 4.78 is 0. The molecule has 2 aromatic rings. The Hall–Kier alpha value is -2.74. The lowest BCUT2D eigenvalue weighted by atomic mass is 9.77. The van der Waals surface area contributed by atoms with Crippen molar-refractivity contribution in [3.63, 3.8) is 0 Å². The van der Waals surface area contributed by atoms with Crippen molar-refractivity contribution in [2.24, 2.45) is 5.73 Å². The third-order valence-electron chi connectivity index (χ3n) is 8.56. The van der Waals surface area contributed by atoms with Crippen LogP contribution in [0.3, 0.4) is 0 Å². The molecule has 3 aliphatic heterocycles. The number of fused-ring (bicyclic) bond motifs is 3. The van der Waals surface area contributed by atoms with Crippen molar-refractivity contribution in [3.8, 4) is 0 Å². The van der Waals surface area contributed by atoms with Gasteiger partial charge in [-0.2, -0.15) is 0 Å². The number of nitrogens with two attached hydrogens (primary N) is 1. The van der Waals surface area contributed by atoms with E-state index in [1.165, 1.54) is 0 Å². The maximum Gasteiger partial charge on any atom is 0.254 e. The average Bonchev–Trinajstić information content (AvgIpc) is 3.15. The first-order chi connectivity index (χ1) is 17.7. The number of hydrogen-bond donors (Lipinski definition) is 3. The second-order valence-corrected chi connectivity index (χ2v) is 11.7. The summed E-state index contributed by atoms with van der Waals surface area (Å²) in [5.74, 6) is -0.100. The van der Waals surface area contributed by atoms with Gasteiger partial charge in [0.1, 0.15) is 0 Å². The molecule has 0 radical (unpaired) electrons. The zero-order valence-corrected chi connectivity index (χ0v) is 21.9. The van der Waals surface area contributed by atoms with E-state index in [-0.39, 0.29) is 42.0 Å². The van der Waals surface area contributed by atoms with Crippen LogP contribution in [0.1, 0.15) is 83.4 Å². The smallest absolute Gasteiger partial charge is 0.254 e. The maximum atomic E-state index is 13.5. The molecule has 2 aromatic carbocycles. The van der Waals surface area contributed by atoms with Gasteiger partial charge < -0.3 is 25.7 Å².